The number of morpholine rings is 1. The molecule has 0 atom stereocenters. The largest absolute Gasteiger partial charge is 0.381 e. The van der Waals surface area contributed by atoms with E-state index in [1.54, 1.807) is 0 Å². The van der Waals surface area contributed by atoms with Crippen molar-refractivity contribution in [1.29, 1.82) is 0 Å². The number of likely N-dealkylation sites (tertiary alicyclic amines) is 1. The zero-order chi connectivity index (χ0) is 18.4. The first-order chi connectivity index (χ1) is 12.8. The molecular formula is C21H41N3O2. The summed E-state index contributed by atoms with van der Waals surface area (Å²) in [6.45, 7) is 13.4. The minimum atomic E-state index is 0.140. The van der Waals surface area contributed by atoms with Crippen molar-refractivity contribution in [2.24, 2.45) is 5.92 Å². The fourth-order valence-electron chi connectivity index (χ4n) is 5.09. The Kier molecular flexibility index (Phi) is 7.76. The van der Waals surface area contributed by atoms with Crippen LogP contribution in [0.4, 0.5) is 0 Å². The maximum atomic E-state index is 6.34. The molecule has 1 aliphatic carbocycles. The molecule has 26 heavy (non-hydrogen) atoms. The molecular weight excluding hydrogens is 326 g/mol. The van der Waals surface area contributed by atoms with Gasteiger partial charge in [-0.3, -0.25) is 4.90 Å². The number of hydrogen-bond acceptors (Lipinski definition) is 5. The molecule has 1 N–H and O–H groups in total. The van der Waals surface area contributed by atoms with Gasteiger partial charge in [-0.05, 0) is 57.5 Å². The van der Waals surface area contributed by atoms with E-state index in [-0.39, 0.29) is 5.60 Å². The lowest BCUT2D eigenvalue weighted by Crippen LogP contribution is -2.61. The summed E-state index contributed by atoms with van der Waals surface area (Å²) in [5.74, 6) is 0.907. The highest BCUT2D eigenvalue weighted by molar-refractivity contribution is 4.97. The number of hydrogen-bond donors (Lipinski definition) is 1. The van der Waals surface area contributed by atoms with Crippen LogP contribution in [0.5, 0.6) is 0 Å². The summed E-state index contributed by atoms with van der Waals surface area (Å²) < 4.78 is 11.8. The van der Waals surface area contributed by atoms with Crippen LogP contribution in [0.3, 0.4) is 0 Å². The Morgan fingerprint density at radius 1 is 1.08 bits per heavy atom. The van der Waals surface area contributed by atoms with Crippen LogP contribution in [0.1, 0.15) is 52.4 Å². The molecule has 1 spiro atoms. The van der Waals surface area contributed by atoms with Gasteiger partial charge in [0, 0.05) is 45.9 Å². The van der Waals surface area contributed by atoms with E-state index in [9.17, 15) is 0 Å². The van der Waals surface area contributed by atoms with Gasteiger partial charge in [-0.25, -0.2) is 0 Å². The van der Waals surface area contributed by atoms with Gasteiger partial charge in [0.1, 0.15) is 0 Å². The topological polar surface area (TPSA) is 37.0 Å². The molecule has 0 aromatic heterocycles. The number of nitrogens with zero attached hydrogens (tertiary/aromatic N) is 2. The summed E-state index contributed by atoms with van der Waals surface area (Å²) in [5.41, 5.74) is 0.140. The van der Waals surface area contributed by atoms with Crippen LogP contribution in [0.2, 0.25) is 0 Å². The number of rotatable bonds is 4. The second-order valence-corrected chi connectivity index (χ2v) is 8.48. The number of methoxy groups -OCH3 is 1. The fourth-order valence-corrected chi connectivity index (χ4v) is 5.09. The number of nitrogens with one attached hydrogen (secondary N) is 1. The van der Waals surface area contributed by atoms with Crippen LogP contribution in [0.15, 0.2) is 0 Å². The SMILES string of the molecule is CC.COC1CC(N2CCOC3(CCN(CC4CCNCC4)CC3)C2)C1. The van der Waals surface area contributed by atoms with Crippen molar-refractivity contribution in [2.75, 3.05) is 59.5 Å². The van der Waals surface area contributed by atoms with E-state index in [0.717, 1.165) is 31.7 Å². The van der Waals surface area contributed by atoms with E-state index >= 15 is 0 Å². The summed E-state index contributed by atoms with van der Waals surface area (Å²) >= 11 is 0. The van der Waals surface area contributed by atoms with Crippen molar-refractivity contribution in [3.8, 4) is 0 Å². The van der Waals surface area contributed by atoms with Gasteiger partial charge in [-0.2, -0.15) is 0 Å². The molecule has 0 radical (unpaired) electrons. The molecule has 0 aromatic rings. The molecule has 0 aromatic carbocycles. The minimum absolute atomic E-state index is 0.140. The quantitative estimate of drug-likeness (QED) is 0.826. The van der Waals surface area contributed by atoms with Gasteiger partial charge < -0.3 is 19.7 Å². The van der Waals surface area contributed by atoms with Gasteiger partial charge in [0.2, 0.25) is 0 Å². The van der Waals surface area contributed by atoms with E-state index < -0.39 is 0 Å². The third kappa shape index (κ3) is 4.99. The lowest BCUT2D eigenvalue weighted by molar-refractivity contribution is -0.159. The molecule has 0 amide bonds. The maximum absolute atomic E-state index is 6.34. The summed E-state index contributed by atoms with van der Waals surface area (Å²) in [6, 6.07) is 0.739. The molecule has 3 heterocycles. The minimum Gasteiger partial charge on any atom is -0.381 e. The normalized spacial score (nSPS) is 33.3. The smallest absolute Gasteiger partial charge is 0.0833 e. The van der Waals surface area contributed by atoms with Gasteiger partial charge in [-0.15, -0.1) is 0 Å². The first-order valence-electron chi connectivity index (χ1n) is 11.1. The molecule has 4 rings (SSSR count). The van der Waals surface area contributed by atoms with Crippen molar-refractivity contribution >= 4 is 0 Å². The monoisotopic (exact) mass is 367 g/mol. The van der Waals surface area contributed by atoms with Crippen molar-refractivity contribution in [1.82, 2.24) is 15.1 Å². The van der Waals surface area contributed by atoms with Crippen LogP contribution in [-0.2, 0) is 9.47 Å². The van der Waals surface area contributed by atoms with Crippen molar-refractivity contribution in [3.05, 3.63) is 0 Å². The predicted octanol–water partition coefficient (Wildman–Crippen LogP) is 2.36. The zero-order valence-corrected chi connectivity index (χ0v) is 17.3. The Hall–Kier alpha value is -0.200. The predicted molar refractivity (Wildman–Crippen MR) is 107 cm³/mol. The van der Waals surface area contributed by atoms with Crippen LogP contribution in [0, 0.1) is 5.92 Å². The van der Waals surface area contributed by atoms with Crippen LogP contribution in [0.25, 0.3) is 0 Å². The van der Waals surface area contributed by atoms with Gasteiger partial charge >= 0.3 is 0 Å². The summed E-state index contributed by atoms with van der Waals surface area (Å²) in [5, 5.41) is 3.48. The van der Waals surface area contributed by atoms with Crippen LogP contribution >= 0.6 is 0 Å². The lowest BCUT2D eigenvalue weighted by Gasteiger charge is -2.52. The molecule has 0 unspecified atom stereocenters. The van der Waals surface area contributed by atoms with E-state index in [1.807, 2.05) is 21.0 Å². The molecule has 0 bridgehead atoms. The molecule has 1 saturated carbocycles. The van der Waals surface area contributed by atoms with Gasteiger partial charge in [0.15, 0.2) is 0 Å². The Morgan fingerprint density at radius 2 is 1.77 bits per heavy atom. The molecule has 5 nitrogen and oxygen atoms in total. The first-order valence-corrected chi connectivity index (χ1v) is 11.1. The van der Waals surface area contributed by atoms with Gasteiger partial charge in [0.05, 0.1) is 18.3 Å². The second-order valence-electron chi connectivity index (χ2n) is 8.48. The van der Waals surface area contributed by atoms with E-state index in [0.29, 0.717) is 6.10 Å². The summed E-state index contributed by atoms with van der Waals surface area (Å²) in [6.07, 6.45) is 8.08. The standard InChI is InChI=1S/C19H35N3O2.C2H6/c1-23-18-12-17(13-18)22-10-11-24-19(15-22)4-8-21(9-5-19)14-16-2-6-20-7-3-16;1-2/h16-18,20H,2-15H2,1H3;1-2H3. The van der Waals surface area contributed by atoms with Crippen LogP contribution < -0.4 is 5.32 Å². The van der Waals surface area contributed by atoms with E-state index in [4.69, 9.17) is 9.47 Å². The maximum Gasteiger partial charge on any atom is 0.0833 e. The Morgan fingerprint density at radius 3 is 2.42 bits per heavy atom. The first kappa shape index (κ1) is 20.5. The molecule has 4 fully saturated rings. The highest BCUT2D eigenvalue weighted by atomic mass is 16.5. The third-order valence-electron chi connectivity index (χ3n) is 6.94. The molecule has 4 aliphatic rings. The van der Waals surface area contributed by atoms with E-state index in [1.165, 1.54) is 71.2 Å². The molecule has 3 saturated heterocycles. The average Bonchev–Trinajstić information content (AvgIpc) is 2.66. The Labute approximate surface area is 160 Å². The second kappa shape index (κ2) is 9.83. The summed E-state index contributed by atoms with van der Waals surface area (Å²) in [7, 11) is 1.85. The molecule has 5 heteroatoms. The van der Waals surface area contributed by atoms with Crippen molar-refractivity contribution < 1.29 is 9.47 Å². The fraction of sp³-hybridized carbons (Fsp3) is 1.00. The Bertz CT molecular complexity index is 400. The van der Waals surface area contributed by atoms with Gasteiger partial charge in [0.25, 0.3) is 0 Å². The Balaban J connectivity index is 0.000000948. The lowest BCUT2D eigenvalue weighted by atomic mass is 9.83. The highest BCUT2D eigenvalue weighted by Crippen LogP contribution is 2.35. The average molecular weight is 368 g/mol. The summed E-state index contributed by atoms with van der Waals surface area (Å²) in [4.78, 5) is 5.40. The number of piperidine rings is 2. The zero-order valence-electron chi connectivity index (χ0n) is 17.3. The van der Waals surface area contributed by atoms with E-state index in [2.05, 4.69) is 15.1 Å². The molecule has 3 aliphatic heterocycles. The van der Waals surface area contributed by atoms with Crippen molar-refractivity contribution in [3.63, 3.8) is 0 Å². The van der Waals surface area contributed by atoms with Crippen molar-refractivity contribution in [2.45, 2.75) is 70.1 Å². The number of ether oxygens (including phenoxy) is 2. The highest BCUT2D eigenvalue weighted by Gasteiger charge is 2.44. The van der Waals surface area contributed by atoms with Crippen LogP contribution in [-0.4, -0.2) is 87.1 Å². The third-order valence-corrected chi connectivity index (χ3v) is 6.94. The van der Waals surface area contributed by atoms with Gasteiger partial charge in [-0.1, -0.05) is 13.8 Å². The molecule has 152 valence electrons.